The van der Waals surface area contributed by atoms with Gasteiger partial charge in [0.05, 0.1) is 22.9 Å². The molecule has 0 saturated carbocycles. The summed E-state index contributed by atoms with van der Waals surface area (Å²) in [4.78, 5) is 42.1. The maximum Gasteiger partial charge on any atom is 0.253 e. The SMILES string of the molecule is C=C1CCN(c2ccccc2C(=O)N[C@H]2CCc3cc(-n4c(-c5cccnc5N)nc5ccc(-n6cccn6)nc54)ccc32)C1=O. The van der Waals surface area contributed by atoms with Crippen molar-refractivity contribution >= 4 is 34.5 Å². The van der Waals surface area contributed by atoms with E-state index in [-0.39, 0.29) is 17.9 Å². The van der Waals surface area contributed by atoms with E-state index in [1.165, 1.54) is 0 Å². The van der Waals surface area contributed by atoms with Gasteiger partial charge in [-0.3, -0.25) is 14.2 Å². The minimum absolute atomic E-state index is 0.135. The third-order valence-electron chi connectivity index (χ3n) is 8.70. The number of carbonyl (C=O) groups excluding carboxylic acids is 2. The fourth-order valence-electron chi connectivity index (χ4n) is 6.42. The summed E-state index contributed by atoms with van der Waals surface area (Å²) in [5, 5.41) is 7.58. The molecule has 3 N–H and O–H groups in total. The first-order valence-electron chi connectivity index (χ1n) is 15.1. The lowest BCUT2D eigenvalue weighted by Gasteiger charge is -2.21. The lowest BCUT2D eigenvalue weighted by Crippen LogP contribution is -2.31. The number of hydrogen-bond acceptors (Lipinski definition) is 7. The number of amides is 2. The Morgan fingerprint density at radius 2 is 1.87 bits per heavy atom. The summed E-state index contributed by atoms with van der Waals surface area (Å²) in [5.41, 5.74) is 13.1. The predicted molar refractivity (Wildman–Crippen MR) is 175 cm³/mol. The predicted octanol–water partition coefficient (Wildman–Crippen LogP) is 4.96. The van der Waals surface area contributed by atoms with Crippen LogP contribution in [0.3, 0.4) is 0 Å². The lowest BCUT2D eigenvalue weighted by molar-refractivity contribution is -0.114. The first-order valence-corrected chi connectivity index (χ1v) is 15.1. The Labute approximate surface area is 264 Å². The van der Waals surface area contributed by atoms with Crippen molar-refractivity contribution < 1.29 is 9.59 Å². The molecule has 1 atom stereocenters. The van der Waals surface area contributed by atoms with Gasteiger partial charge in [0.15, 0.2) is 17.3 Å². The van der Waals surface area contributed by atoms with Gasteiger partial charge >= 0.3 is 0 Å². The van der Waals surface area contributed by atoms with E-state index in [0.29, 0.717) is 64.0 Å². The van der Waals surface area contributed by atoms with Crippen molar-refractivity contribution in [1.29, 1.82) is 0 Å². The zero-order valence-corrected chi connectivity index (χ0v) is 24.8. The van der Waals surface area contributed by atoms with E-state index < -0.39 is 0 Å². The molecule has 0 radical (unpaired) electrons. The smallest absolute Gasteiger partial charge is 0.253 e. The molecule has 5 heterocycles. The number of aromatic nitrogens is 6. The number of carbonyl (C=O) groups is 2. The lowest BCUT2D eigenvalue weighted by atomic mass is 10.1. The fourth-order valence-corrected chi connectivity index (χ4v) is 6.42. The van der Waals surface area contributed by atoms with Crippen molar-refractivity contribution in [3.8, 4) is 22.9 Å². The molecule has 1 aliphatic carbocycles. The minimum Gasteiger partial charge on any atom is -0.383 e. The highest BCUT2D eigenvalue weighted by atomic mass is 16.2. The number of aryl methyl sites for hydroxylation is 1. The Morgan fingerprint density at radius 1 is 0.978 bits per heavy atom. The summed E-state index contributed by atoms with van der Waals surface area (Å²) < 4.78 is 3.71. The van der Waals surface area contributed by atoms with E-state index in [4.69, 9.17) is 15.7 Å². The quantitative estimate of drug-likeness (QED) is 0.255. The molecule has 46 heavy (non-hydrogen) atoms. The Kier molecular flexibility index (Phi) is 6.45. The zero-order chi connectivity index (χ0) is 31.4. The van der Waals surface area contributed by atoms with Crippen LogP contribution in [-0.2, 0) is 11.2 Å². The number of nitrogens with zero attached hydrogens (tertiary/aromatic N) is 7. The number of pyridine rings is 2. The molecule has 1 aliphatic heterocycles. The first kappa shape index (κ1) is 27.4. The van der Waals surface area contributed by atoms with Crippen LogP contribution in [0.4, 0.5) is 11.5 Å². The van der Waals surface area contributed by atoms with E-state index in [1.807, 2.05) is 65.4 Å². The van der Waals surface area contributed by atoms with Crippen LogP contribution in [0.2, 0.25) is 0 Å². The van der Waals surface area contributed by atoms with Crippen LogP contribution in [0.15, 0.2) is 104 Å². The summed E-state index contributed by atoms with van der Waals surface area (Å²) in [6, 6.07) is 22.7. The van der Waals surface area contributed by atoms with E-state index in [1.54, 1.807) is 28.0 Å². The summed E-state index contributed by atoms with van der Waals surface area (Å²) in [5.74, 6) is 1.31. The molecule has 11 nitrogen and oxygen atoms in total. The number of hydrogen-bond donors (Lipinski definition) is 2. The fraction of sp³-hybridized carbons (Fsp3) is 0.143. The average Bonchev–Trinajstić information content (AvgIpc) is 3.88. The second-order valence-electron chi connectivity index (χ2n) is 11.4. The molecule has 2 amide bonds. The number of benzene rings is 2. The highest BCUT2D eigenvalue weighted by Gasteiger charge is 2.31. The molecule has 226 valence electrons. The van der Waals surface area contributed by atoms with Gasteiger partial charge in [0.2, 0.25) is 0 Å². The number of nitrogens with one attached hydrogen (secondary N) is 1. The van der Waals surface area contributed by atoms with E-state index in [9.17, 15) is 9.59 Å². The van der Waals surface area contributed by atoms with E-state index >= 15 is 0 Å². The summed E-state index contributed by atoms with van der Waals surface area (Å²) >= 11 is 0. The number of nitrogen functional groups attached to an aromatic ring is 1. The van der Waals surface area contributed by atoms with Crippen LogP contribution in [0.25, 0.3) is 34.1 Å². The molecule has 0 unspecified atom stereocenters. The Bertz CT molecular complexity index is 2180. The number of fused-ring (bicyclic) bond motifs is 2. The van der Waals surface area contributed by atoms with Crippen molar-refractivity contribution in [2.75, 3.05) is 17.2 Å². The van der Waals surface area contributed by atoms with Crippen molar-refractivity contribution in [3.63, 3.8) is 0 Å². The van der Waals surface area contributed by atoms with Gasteiger partial charge in [0, 0.05) is 36.4 Å². The molecular formula is C35H29N9O2. The van der Waals surface area contributed by atoms with Crippen molar-refractivity contribution in [3.05, 3.63) is 120 Å². The third kappa shape index (κ3) is 4.52. The van der Waals surface area contributed by atoms with Crippen molar-refractivity contribution in [2.24, 2.45) is 0 Å². The molecule has 1 saturated heterocycles. The largest absolute Gasteiger partial charge is 0.383 e. The topological polar surface area (TPSA) is 137 Å². The van der Waals surface area contributed by atoms with Gasteiger partial charge in [0.25, 0.3) is 11.8 Å². The van der Waals surface area contributed by atoms with E-state index in [2.05, 4.69) is 34.1 Å². The molecule has 11 heteroatoms. The van der Waals surface area contributed by atoms with Gasteiger partial charge in [-0.2, -0.15) is 5.10 Å². The number of anilines is 2. The van der Waals surface area contributed by atoms with Crippen LogP contribution in [0.1, 0.15) is 40.4 Å². The van der Waals surface area contributed by atoms with Crippen LogP contribution in [0.5, 0.6) is 0 Å². The van der Waals surface area contributed by atoms with Gasteiger partial charge in [-0.05, 0) is 85.0 Å². The first-order chi connectivity index (χ1) is 22.5. The molecule has 8 rings (SSSR count). The maximum absolute atomic E-state index is 13.6. The van der Waals surface area contributed by atoms with Crippen LogP contribution in [0, 0.1) is 0 Å². The Balaban J connectivity index is 1.15. The third-order valence-corrected chi connectivity index (χ3v) is 8.70. The number of nitrogens with two attached hydrogens (primary N) is 1. The minimum atomic E-state index is -0.215. The normalized spacial score (nSPS) is 15.9. The van der Waals surface area contributed by atoms with Gasteiger partial charge in [-0.25, -0.2) is 19.6 Å². The monoisotopic (exact) mass is 607 g/mol. The van der Waals surface area contributed by atoms with Crippen LogP contribution >= 0.6 is 0 Å². The zero-order valence-electron chi connectivity index (χ0n) is 24.8. The molecule has 0 spiro atoms. The standard InChI is InChI=1S/C35H29N9O2/c1-21-15-19-42(35(21)46)29-8-3-2-6-25(29)34(45)40-27-12-9-22-20-23(10-11-24(22)27)44-32(26-7-4-16-37-31(26)36)39-28-13-14-30(41-33(28)44)43-18-5-17-38-43/h2-8,10-11,13-14,16-18,20,27H,1,9,12,15,19H2,(H2,36,37)(H,40,45)/t27-/m0/s1. The number of rotatable bonds is 6. The molecule has 0 bridgehead atoms. The number of imidazole rings is 1. The highest BCUT2D eigenvalue weighted by Crippen LogP contribution is 2.37. The Hall–Kier alpha value is -6.10. The molecular weight excluding hydrogens is 578 g/mol. The van der Waals surface area contributed by atoms with Crippen molar-refractivity contribution in [1.82, 2.24) is 34.6 Å². The second kappa shape index (κ2) is 10.8. The highest BCUT2D eigenvalue weighted by molar-refractivity contribution is 6.11. The molecule has 2 aliphatic rings. The van der Waals surface area contributed by atoms with Crippen LogP contribution in [-0.4, -0.2) is 47.7 Å². The number of para-hydroxylation sites is 1. The summed E-state index contributed by atoms with van der Waals surface area (Å²) in [6.07, 6.45) is 7.33. The van der Waals surface area contributed by atoms with E-state index in [0.717, 1.165) is 29.7 Å². The summed E-state index contributed by atoms with van der Waals surface area (Å²) in [7, 11) is 0. The summed E-state index contributed by atoms with van der Waals surface area (Å²) in [6.45, 7) is 4.38. The van der Waals surface area contributed by atoms with Gasteiger partial charge < -0.3 is 16.0 Å². The average molecular weight is 608 g/mol. The molecule has 1 fully saturated rings. The second-order valence-corrected chi connectivity index (χ2v) is 11.4. The van der Waals surface area contributed by atoms with Gasteiger partial charge in [-0.15, -0.1) is 0 Å². The Morgan fingerprint density at radius 3 is 2.67 bits per heavy atom. The van der Waals surface area contributed by atoms with Crippen molar-refractivity contribution in [2.45, 2.75) is 25.3 Å². The van der Waals surface area contributed by atoms with Gasteiger partial charge in [-0.1, -0.05) is 24.8 Å². The molecule has 6 aromatic rings. The molecule has 4 aromatic heterocycles. The maximum atomic E-state index is 13.6. The van der Waals surface area contributed by atoms with Crippen LogP contribution < -0.4 is 16.0 Å². The van der Waals surface area contributed by atoms with Gasteiger partial charge in [0.1, 0.15) is 11.3 Å². The molecule has 2 aromatic carbocycles.